The molecule has 0 radical (unpaired) electrons. The van der Waals surface area contributed by atoms with E-state index < -0.39 is 0 Å². The first-order valence-corrected chi connectivity index (χ1v) is 7.23. The maximum absolute atomic E-state index is 6.12. The molecule has 2 fully saturated rings. The fourth-order valence-corrected chi connectivity index (χ4v) is 3.02. The second-order valence-electron chi connectivity index (χ2n) is 6.01. The molecule has 2 rings (SSSR count). The normalized spacial score (nSPS) is 28.6. The molecule has 1 aliphatic heterocycles. The number of ether oxygens (including phenoxy) is 1. The average Bonchev–Trinajstić information content (AvgIpc) is 2.97. The van der Waals surface area contributed by atoms with Gasteiger partial charge in [-0.2, -0.15) is 0 Å². The van der Waals surface area contributed by atoms with Crippen LogP contribution in [-0.2, 0) is 4.74 Å². The average molecular weight is 240 g/mol. The predicted octanol–water partition coefficient (Wildman–Crippen LogP) is 1.86. The van der Waals surface area contributed by atoms with Crippen LogP contribution in [0.15, 0.2) is 0 Å². The van der Waals surface area contributed by atoms with Gasteiger partial charge in [0.05, 0.1) is 6.61 Å². The lowest BCUT2D eigenvalue weighted by atomic mass is 9.83. The van der Waals surface area contributed by atoms with Crippen molar-refractivity contribution in [2.75, 3.05) is 32.8 Å². The largest absolute Gasteiger partial charge is 0.381 e. The van der Waals surface area contributed by atoms with Gasteiger partial charge in [-0.15, -0.1) is 0 Å². The molecule has 3 nitrogen and oxygen atoms in total. The smallest absolute Gasteiger partial charge is 0.0513 e. The highest BCUT2D eigenvalue weighted by Gasteiger charge is 2.41. The molecule has 0 spiro atoms. The monoisotopic (exact) mass is 240 g/mol. The zero-order valence-corrected chi connectivity index (χ0v) is 11.5. The molecule has 3 heteroatoms. The molecule has 2 aliphatic rings. The molecular weight excluding hydrogens is 212 g/mol. The lowest BCUT2D eigenvalue weighted by molar-refractivity contribution is 0.0411. The van der Waals surface area contributed by atoms with Gasteiger partial charge < -0.3 is 10.5 Å². The molecule has 0 amide bonds. The minimum Gasteiger partial charge on any atom is -0.381 e. The van der Waals surface area contributed by atoms with Gasteiger partial charge in [-0.25, -0.2) is 0 Å². The van der Waals surface area contributed by atoms with Crippen molar-refractivity contribution in [3.05, 3.63) is 0 Å². The Morgan fingerprint density at radius 1 is 1.35 bits per heavy atom. The minimum atomic E-state index is 0.148. The summed E-state index contributed by atoms with van der Waals surface area (Å²) in [6.07, 6.45) is 5.23. The summed E-state index contributed by atoms with van der Waals surface area (Å²) in [5, 5.41) is 0. The van der Waals surface area contributed by atoms with Crippen molar-refractivity contribution in [3.63, 3.8) is 0 Å². The molecular formula is C14H28N2O. The molecule has 0 aromatic carbocycles. The Hall–Kier alpha value is -0.120. The van der Waals surface area contributed by atoms with Crippen LogP contribution in [0.4, 0.5) is 0 Å². The molecule has 1 saturated heterocycles. The van der Waals surface area contributed by atoms with Crippen LogP contribution in [0.25, 0.3) is 0 Å². The van der Waals surface area contributed by atoms with Crippen LogP contribution in [-0.4, -0.2) is 43.3 Å². The highest BCUT2D eigenvalue weighted by atomic mass is 16.5. The highest BCUT2D eigenvalue weighted by molar-refractivity contribution is 4.97. The Morgan fingerprint density at radius 2 is 2.12 bits per heavy atom. The second-order valence-corrected chi connectivity index (χ2v) is 6.01. The van der Waals surface area contributed by atoms with E-state index in [0.717, 1.165) is 25.7 Å². The van der Waals surface area contributed by atoms with Gasteiger partial charge in [0, 0.05) is 31.2 Å². The minimum absolute atomic E-state index is 0.148. The molecule has 100 valence electrons. The van der Waals surface area contributed by atoms with Crippen molar-refractivity contribution in [1.82, 2.24) is 4.90 Å². The molecule has 2 atom stereocenters. The van der Waals surface area contributed by atoms with Crippen molar-refractivity contribution < 1.29 is 4.74 Å². The fourth-order valence-electron chi connectivity index (χ4n) is 3.02. The van der Waals surface area contributed by atoms with Crippen molar-refractivity contribution >= 4 is 0 Å². The Kier molecular flexibility index (Phi) is 4.45. The zero-order valence-electron chi connectivity index (χ0n) is 11.5. The Labute approximate surface area is 106 Å². The Morgan fingerprint density at radius 3 is 2.59 bits per heavy atom. The summed E-state index contributed by atoms with van der Waals surface area (Å²) < 4.78 is 5.57. The van der Waals surface area contributed by atoms with E-state index in [-0.39, 0.29) is 5.54 Å². The molecule has 1 aliphatic carbocycles. The van der Waals surface area contributed by atoms with Gasteiger partial charge in [0.25, 0.3) is 0 Å². The molecule has 0 bridgehead atoms. The van der Waals surface area contributed by atoms with Gasteiger partial charge in [-0.05, 0) is 45.1 Å². The first-order chi connectivity index (χ1) is 8.20. The Bertz CT molecular complexity index is 236. The van der Waals surface area contributed by atoms with Crippen LogP contribution in [0.1, 0.15) is 39.5 Å². The standard InChI is InChI=1S/C14H28N2O/c1-3-7-16(9-12-4-5-12)14(2,11-15)13-6-8-17-10-13/h12-13H,3-11,15H2,1-2H3. The van der Waals surface area contributed by atoms with E-state index in [1.54, 1.807) is 0 Å². The number of hydrogen-bond donors (Lipinski definition) is 1. The first-order valence-electron chi connectivity index (χ1n) is 7.23. The summed E-state index contributed by atoms with van der Waals surface area (Å²) >= 11 is 0. The fraction of sp³-hybridized carbons (Fsp3) is 1.00. The van der Waals surface area contributed by atoms with Crippen molar-refractivity contribution in [3.8, 4) is 0 Å². The first kappa shape index (κ1) is 13.3. The van der Waals surface area contributed by atoms with E-state index in [9.17, 15) is 0 Å². The lowest BCUT2D eigenvalue weighted by Gasteiger charge is -2.44. The third-order valence-electron chi connectivity index (χ3n) is 4.61. The van der Waals surface area contributed by atoms with Crippen LogP contribution in [0.2, 0.25) is 0 Å². The number of nitrogens with zero attached hydrogens (tertiary/aromatic N) is 1. The van der Waals surface area contributed by atoms with E-state index in [1.807, 2.05) is 0 Å². The molecule has 17 heavy (non-hydrogen) atoms. The molecule has 2 N–H and O–H groups in total. The third kappa shape index (κ3) is 3.01. The summed E-state index contributed by atoms with van der Waals surface area (Å²) in [7, 11) is 0. The van der Waals surface area contributed by atoms with E-state index in [1.165, 1.54) is 38.8 Å². The van der Waals surface area contributed by atoms with Crippen LogP contribution >= 0.6 is 0 Å². The van der Waals surface area contributed by atoms with Gasteiger partial charge in [0.2, 0.25) is 0 Å². The topological polar surface area (TPSA) is 38.5 Å². The summed E-state index contributed by atoms with van der Waals surface area (Å²) in [6, 6.07) is 0. The molecule has 1 saturated carbocycles. The molecule has 0 aromatic heterocycles. The van der Waals surface area contributed by atoms with Gasteiger partial charge in [0.15, 0.2) is 0 Å². The zero-order chi connectivity index (χ0) is 12.3. The molecule has 1 heterocycles. The van der Waals surface area contributed by atoms with E-state index in [2.05, 4.69) is 18.7 Å². The number of nitrogens with two attached hydrogens (primary N) is 1. The van der Waals surface area contributed by atoms with E-state index >= 15 is 0 Å². The summed E-state index contributed by atoms with van der Waals surface area (Å²) in [4.78, 5) is 2.66. The third-order valence-corrected chi connectivity index (χ3v) is 4.61. The van der Waals surface area contributed by atoms with Crippen LogP contribution in [0.3, 0.4) is 0 Å². The van der Waals surface area contributed by atoms with Crippen molar-refractivity contribution in [2.24, 2.45) is 17.6 Å². The number of hydrogen-bond acceptors (Lipinski definition) is 3. The van der Waals surface area contributed by atoms with Crippen molar-refractivity contribution in [2.45, 2.75) is 45.1 Å². The van der Waals surface area contributed by atoms with Crippen molar-refractivity contribution in [1.29, 1.82) is 0 Å². The maximum Gasteiger partial charge on any atom is 0.0513 e. The lowest BCUT2D eigenvalue weighted by Crippen LogP contribution is -2.57. The van der Waals surface area contributed by atoms with Crippen LogP contribution in [0.5, 0.6) is 0 Å². The SMILES string of the molecule is CCCN(CC1CC1)C(C)(CN)C1CCOC1. The van der Waals surface area contributed by atoms with Gasteiger partial charge in [-0.3, -0.25) is 4.90 Å². The van der Waals surface area contributed by atoms with E-state index in [4.69, 9.17) is 10.5 Å². The summed E-state index contributed by atoms with van der Waals surface area (Å²) in [6.45, 7) is 9.63. The summed E-state index contributed by atoms with van der Waals surface area (Å²) in [5.41, 5.74) is 6.26. The summed E-state index contributed by atoms with van der Waals surface area (Å²) in [5.74, 6) is 1.56. The van der Waals surface area contributed by atoms with Crippen LogP contribution < -0.4 is 5.73 Å². The predicted molar refractivity (Wildman–Crippen MR) is 71.0 cm³/mol. The van der Waals surface area contributed by atoms with Gasteiger partial charge in [0.1, 0.15) is 0 Å². The second kappa shape index (κ2) is 5.68. The van der Waals surface area contributed by atoms with Gasteiger partial charge in [-0.1, -0.05) is 6.92 Å². The quantitative estimate of drug-likeness (QED) is 0.738. The molecule has 2 unspecified atom stereocenters. The van der Waals surface area contributed by atoms with Gasteiger partial charge >= 0.3 is 0 Å². The maximum atomic E-state index is 6.12. The highest BCUT2D eigenvalue weighted by Crippen LogP contribution is 2.36. The number of rotatable bonds is 7. The molecule has 0 aromatic rings. The van der Waals surface area contributed by atoms with Crippen LogP contribution in [0, 0.1) is 11.8 Å². The Balaban J connectivity index is 2.03. The van der Waals surface area contributed by atoms with E-state index in [0.29, 0.717) is 5.92 Å².